The molecule has 0 aromatic heterocycles. The number of aliphatic hydroxyl groups is 1. The van der Waals surface area contributed by atoms with Gasteiger partial charge in [-0.2, -0.15) is 0 Å². The number of fused-ring (bicyclic) bond motifs is 1. The van der Waals surface area contributed by atoms with Crippen molar-refractivity contribution in [3.63, 3.8) is 0 Å². The smallest absolute Gasteiger partial charge is 0.300 e. The molecule has 4 aromatic carbocycles. The van der Waals surface area contributed by atoms with Crippen molar-refractivity contribution in [1.29, 1.82) is 0 Å². The molecule has 1 heterocycles. The van der Waals surface area contributed by atoms with Crippen molar-refractivity contribution in [2.45, 2.75) is 6.04 Å². The molecule has 33 heavy (non-hydrogen) atoms. The minimum absolute atomic E-state index is 0.0575. The zero-order valence-electron chi connectivity index (χ0n) is 17.2. The number of Topliss-reactive ketones (excluding diaryl/α,β-unsaturated/α-hetero) is 1. The van der Waals surface area contributed by atoms with E-state index in [0.717, 1.165) is 10.8 Å². The van der Waals surface area contributed by atoms with Crippen LogP contribution in [0.25, 0.3) is 16.5 Å². The quantitative estimate of drug-likeness (QED) is 0.224. The molecule has 1 fully saturated rings. The minimum atomic E-state index is -0.939. The summed E-state index contributed by atoms with van der Waals surface area (Å²) in [6, 6.07) is 23.9. The molecule has 1 unspecified atom stereocenters. The van der Waals surface area contributed by atoms with Gasteiger partial charge in [-0.3, -0.25) is 14.5 Å². The lowest BCUT2D eigenvalue weighted by atomic mass is 9.93. The van der Waals surface area contributed by atoms with Crippen LogP contribution >= 0.6 is 11.6 Å². The first-order chi connectivity index (χ1) is 16.0. The highest BCUT2D eigenvalue weighted by molar-refractivity contribution is 6.51. The zero-order chi connectivity index (χ0) is 23.1. The lowest BCUT2D eigenvalue weighted by Crippen LogP contribution is -2.29. The Labute approximate surface area is 194 Å². The number of halogens is 2. The summed E-state index contributed by atoms with van der Waals surface area (Å²) in [5, 5.41) is 13.5. The second-order valence-corrected chi connectivity index (χ2v) is 8.16. The first-order valence-electron chi connectivity index (χ1n) is 10.3. The summed E-state index contributed by atoms with van der Waals surface area (Å²) >= 11 is 6.01. The van der Waals surface area contributed by atoms with Crippen LogP contribution in [0.1, 0.15) is 17.2 Å². The van der Waals surface area contributed by atoms with Gasteiger partial charge < -0.3 is 5.11 Å². The number of nitrogens with zero attached hydrogens (tertiary/aromatic N) is 1. The van der Waals surface area contributed by atoms with E-state index in [9.17, 15) is 19.1 Å². The number of anilines is 1. The number of carbonyl (C=O) groups is 2. The van der Waals surface area contributed by atoms with Gasteiger partial charge in [0, 0.05) is 16.3 Å². The van der Waals surface area contributed by atoms with Crippen molar-refractivity contribution in [1.82, 2.24) is 0 Å². The van der Waals surface area contributed by atoms with Gasteiger partial charge in [-0.05, 0) is 52.7 Å². The summed E-state index contributed by atoms with van der Waals surface area (Å²) in [7, 11) is 0. The molecule has 1 aliphatic heterocycles. The van der Waals surface area contributed by atoms with E-state index in [-0.39, 0.29) is 11.3 Å². The molecular weight excluding hydrogens is 441 g/mol. The molecule has 0 saturated carbocycles. The number of aliphatic hydroxyl groups excluding tert-OH is 1. The van der Waals surface area contributed by atoms with Crippen LogP contribution in [0.2, 0.25) is 5.02 Å². The molecule has 4 aromatic rings. The third-order valence-corrected chi connectivity index (χ3v) is 6.03. The topological polar surface area (TPSA) is 57.6 Å². The van der Waals surface area contributed by atoms with E-state index in [1.54, 1.807) is 36.4 Å². The lowest BCUT2D eigenvalue weighted by Gasteiger charge is -2.25. The fourth-order valence-electron chi connectivity index (χ4n) is 4.24. The second kappa shape index (κ2) is 8.19. The van der Waals surface area contributed by atoms with Crippen molar-refractivity contribution in [3.8, 4) is 0 Å². The molecule has 0 bridgehead atoms. The Kier molecular flexibility index (Phi) is 5.19. The van der Waals surface area contributed by atoms with Crippen molar-refractivity contribution >= 4 is 45.5 Å². The third kappa shape index (κ3) is 3.56. The molecule has 1 atom stereocenters. The van der Waals surface area contributed by atoms with Gasteiger partial charge in [0.15, 0.2) is 0 Å². The van der Waals surface area contributed by atoms with Gasteiger partial charge in [-0.25, -0.2) is 4.39 Å². The van der Waals surface area contributed by atoms with Crippen LogP contribution < -0.4 is 4.90 Å². The Morgan fingerprint density at radius 3 is 2.24 bits per heavy atom. The number of carbonyl (C=O) groups excluding carboxylic acids is 2. The number of ketones is 1. The standard InChI is InChI=1S/C27H17ClFNO3/c28-18-10-14-20(15-11-18)30-24(17-8-12-19(29)13-9-17)23(26(32)27(30)33)25(31)22-7-3-5-16-4-1-2-6-21(16)22/h1-15,24,31H/b25-23-. The maximum Gasteiger partial charge on any atom is 0.300 e. The number of amides is 1. The van der Waals surface area contributed by atoms with Gasteiger partial charge in [0.25, 0.3) is 11.7 Å². The van der Waals surface area contributed by atoms with E-state index in [0.29, 0.717) is 21.8 Å². The van der Waals surface area contributed by atoms with E-state index < -0.39 is 23.5 Å². The average molecular weight is 458 g/mol. The summed E-state index contributed by atoms with van der Waals surface area (Å²) in [6.07, 6.45) is 0. The molecule has 1 amide bonds. The van der Waals surface area contributed by atoms with E-state index in [2.05, 4.69) is 0 Å². The van der Waals surface area contributed by atoms with Gasteiger partial charge in [0.2, 0.25) is 0 Å². The summed E-state index contributed by atoms with van der Waals surface area (Å²) in [5.74, 6) is -2.33. The number of benzene rings is 4. The molecule has 1 aliphatic rings. The molecule has 162 valence electrons. The Morgan fingerprint density at radius 2 is 1.52 bits per heavy atom. The van der Waals surface area contributed by atoms with Gasteiger partial charge in [-0.15, -0.1) is 0 Å². The minimum Gasteiger partial charge on any atom is -0.507 e. The molecule has 4 nitrogen and oxygen atoms in total. The molecule has 0 radical (unpaired) electrons. The Hall–Kier alpha value is -3.96. The van der Waals surface area contributed by atoms with Crippen molar-refractivity contribution in [3.05, 3.63) is 119 Å². The SMILES string of the molecule is O=C1C(=O)N(c2ccc(Cl)cc2)C(c2ccc(F)cc2)/C1=C(/O)c1cccc2ccccc12. The van der Waals surface area contributed by atoms with Gasteiger partial charge in [-0.1, -0.05) is 66.2 Å². The highest BCUT2D eigenvalue weighted by atomic mass is 35.5. The highest BCUT2D eigenvalue weighted by Crippen LogP contribution is 2.43. The molecule has 0 aliphatic carbocycles. The summed E-state index contributed by atoms with van der Waals surface area (Å²) in [5.41, 5.74) is 1.31. The highest BCUT2D eigenvalue weighted by Gasteiger charge is 2.47. The van der Waals surface area contributed by atoms with Gasteiger partial charge in [0.1, 0.15) is 11.6 Å². The normalized spacial score (nSPS) is 17.6. The van der Waals surface area contributed by atoms with Gasteiger partial charge >= 0.3 is 0 Å². The fraction of sp³-hybridized carbons (Fsp3) is 0.0370. The van der Waals surface area contributed by atoms with E-state index in [1.165, 1.54) is 29.2 Å². The summed E-state index contributed by atoms with van der Waals surface area (Å²) in [4.78, 5) is 27.7. The number of rotatable bonds is 3. The molecule has 6 heteroatoms. The first-order valence-corrected chi connectivity index (χ1v) is 10.6. The fourth-order valence-corrected chi connectivity index (χ4v) is 4.36. The Balaban J connectivity index is 1.77. The lowest BCUT2D eigenvalue weighted by molar-refractivity contribution is -0.132. The number of hydrogen-bond donors (Lipinski definition) is 1. The second-order valence-electron chi connectivity index (χ2n) is 7.72. The van der Waals surface area contributed by atoms with Crippen LogP contribution in [0.15, 0.2) is 96.6 Å². The van der Waals surface area contributed by atoms with Gasteiger partial charge in [0.05, 0.1) is 11.6 Å². The van der Waals surface area contributed by atoms with Crippen LogP contribution in [0.4, 0.5) is 10.1 Å². The Bertz CT molecular complexity index is 1420. The van der Waals surface area contributed by atoms with Crippen LogP contribution in [-0.2, 0) is 9.59 Å². The zero-order valence-corrected chi connectivity index (χ0v) is 18.0. The predicted molar refractivity (Wildman–Crippen MR) is 127 cm³/mol. The molecule has 0 spiro atoms. The summed E-state index contributed by atoms with van der Waals surface area (Å²) in [6.45, 7) is 0. The van der Waals surface area contributed by atoms with E-state index >= 15 is 0 Å². The molecule has 1 N–H and O–H groups in total. The largest absolute Gasteiger partial charge is 0.507 e. The molecular formula is C27H17ClFNO3. The van der Waals surface area contributed by atoms with Crippen LogP contribution in [-0.4, -0.2) is 16.8 Å². The van der Waals surface area contributed by atoms with Crippen molar-refractivity contribution in [2.24, 2.45) is 0 Å². The van der Waals surface area contributed by atoms with E-state index in [1.807, 2.05) is 30.3 Å². The molecule has 5 rings (SSSR count). The van der Waals surface area contributed by atoms with E-state index in [4.69, 9.17) is 11.6 Å². The van der Waals surface area contributed by atoms with Crippen LogP contribution in [0, 0.1) is 5.82 Å². The Morgan fingerprint density at radius 1 is 0.848 bits per heavy atom. The first kappa shape index (κ1) is 20.9. The number of hydrogen-bond acceptors (Lipinski definition) is 3. The van der Waals surface area contributed by atoms with Crippen molar-refractivity contribution in [2.75, 3.05) is 4.90 Å². The molecule has 1 saturated heterocycles. The van der Waals surface area contributed by atoms with Crippen LogP contribution in [0.3, 0.4) is 0 Å². The maximum absolute atomic E-state index is 13.7. The third-order valence-electron chi connectivity index (χ3n) is 5.78. The summed E-state index contributed by atoms with van der Waals surface area (Å²) < 4.78 is 13.7. The predicted octanol–water partition coefficient (Wildman–Crippen LogP) is 6.26. The monoisotopic (exact) mass is 457 g/mol. The average Bonchev–Trinajstić information content (AvgIpc) is 3.10. The van der Waals surface area contributed by atoms with Crippen molar-refractivity contribution < 1.29 is 19.1 Å². The maximum atomic E-state index is 13.7. The van der Waals surface area contributed by atoms with Crippen LogP contribution in [0.5, 0.6) is 0 Å².